The molecule has 0 spiro atoms. The summed E-state index contributed by atoms with van der Waals surface area (Å²) in [6, 6.07) is 25.1. The molecule has 1 aromatic heterocycles. The molecule has 7 nitrogen and oxygen atoms in total. The average Bonchev–Trinajstić information content (AvgIpc) is 3.34. The lowest BCUT2D eigenvalue weighted by Gasteiger charge is -2.22. The first-order chi connectivity index (χ1) is 23.1. The maximum absolute atomic E-state index is 13.9. The Morgan fingerprint density at radius 1 is 0.830 bits per heavy atom. The standard InChI is InChI=1S/C39H46N4O3S/c1-41-21-12-23-42(26-25-41)22-9-3-11-27-46-36-29-31(39(45)43-24-10-8-17-37-35(43)20-28-47-37)18-19-34(36)40-38(44)33-16-7-6-15-32(33)30-13-4-2-5-14-30/h2,4-7,13-16,18-20,28-29H,3,8-12,17,21-27H2,1H3,(H,40,44). The maximum Gasteiger partial charge on any atom is 0.258 e. The highest BCUT2D eigenvalue weighted by Crippen LogP contribution is 2.34. The third-order valence-corrected chi connectivity index (χ3v) is 10.2. The number of carbonyl (C=O) groups is 2. The third kappa shape index (κ3) is 8.49. The second-order valence-corrected chi connectivity index (χ2v) is 13.6. The van der Waals surface area contributed by atoms with Gasteiger partial charge in [-0.05, 0) is 118 Å². The van der Waals surface area contributed by atoms with E-state index in [-0.39, 0.29) is 11.8 Å². The van der Waals surface area contributed by atoms with E-state index in [1.807, 2.05) is 77.7 Å². The first kappa shape index (κ1) is 32.9. The minimum Gasteiger partial charge on any atom is -0.491 e. The van der Waals surface area contributed by atoms with Crippen LogP contribution in [0.25, 0.3) is 11.1 Å². The van der Waals surface area contributed by atoms with Crippen LogP contribution >= 0.6 is 11.3 Å². The summed E-state index contributed by atoms with van der Waals surface area (Å²) < 4.78 is 6.37. The molecule has 3 heterocycles. The molecule has 0 saturated carbocycles. The Morgan fingerprint density at radius 2 is 1.68 bits per heavy atom. The van der Waals surface area contributed by atoms with Crippen LogP contribution in [0.2, 0.25) is 0 Å². The zero-order chi connectivity index (χ0) is 32.4. The number of rotatable bonds is 11. The van der Waals surface area contributed by atoms with E-state index >= 15 is 0 Å². The lowest BCUT2D eigenvalue weighted by Crippen LogP contribution is -2.31. The molecule has 0 unspecified atom stereocenters. The van der Waals surface area contributed by atoms with Crippen molar-refractivity contribution >= 4 is 34.5 Å². The summed E-state index contributed by atoms with van der Waals surface area (Å²) in [5, 5.41) is 5.18. The van der Waals surface area contributed by atoms with Crippen LogP contribution in [0, 0.1) is 0 Å². The molecular weight excluding hydrogens is 605 g/mol. The summed E-state index contributed by atoms with van der Waals surface area (Å²) in [4.78, 5) is 35.8. The molecule has 6 rings (SSSR count). The Morgan fingerprint density at radius 3 is 2.57 bits per heavy atom. The molecule has 2 amide bonds. The van der Waals surface area contributed by atoms with Gasteiger partial charge in [-0.15, -0.1) is 11.3 Å². The summed E-state index contributed by atoms with van der Waals surface area (Å²) in [5.41, 5.74) is 4.57. The predicted molar refractivity (Wildman–Crippen MR) is 193 cm³/mol. The van der Waals surface area contributed by atoms with Crippen molar-refractivity contribution in [2.75, 3.05) is 63.1 Å². The highest BCUT2D eigenvalue weighted by Gasteiger charge is 2.25. The Bertz CT molecular complexity index is 1640. The summed E-state index contributed by atoms with van der Waals surface area (Å²) in [7, 11) is 2.20. The smallest absolute Gasteiger partial charge is 0.258 e. The molecule has 2 aliphatic heterocycles. The summed E-state index contributed by atoms with van der Waals surface area (Å²) in [6.07, 6.45) is 7.38. The van der Waals surface area contributed by atoms with Crippen LogP contribution in [-0.2, 0) is 6.42 Å². The van der Waals surface area contributed by atoms with Gasteiger partial charge in [0, 0.05) is 35.6 Å². The number of carbonyl (C=O) groups excluding carboxylic acids is 2. The van der Waals surface area contributed by atoms with Gasteiger partial charge in [0.1, 0.15) is 5.75 Å². The Balaban J connectivity index is 1.17. The van der Waals surface area contributed by atoms with E-state index in [2.05, 4.69) is 33.6 Å². The number of aryl methyl sites for hydroxylation is 1. The van der Waals surface area contributed by atoms with Crippen LogP contribution in [0.15, 0.2) is 84.2 Å². The van der Waals surface area contributed by atoms with Gasteiger partial charge in [0.2, 0.25) is 0 Å². The molecular formula is C39H46N4O3S. The first-order valence-corrected chi connectivity index (χ1v) is 18.0. The Hall–Kier alpha value is -3.98. The molecule has 0 bridgehead atoms. The van der Waals surface area contributed by atoms with Crippen molar-refractivity contribution in [2.45, 2.75) is 44.9 Å². The SMILES string of the molecule is CN1CCCN(CCCCCOc2cc(C(=O)N3CCCCc4sccc43)ccc2NC(=O)c2ccccc2-c2ccccc2)CC1. The van der Waals surface area contributed by atoms with E-state index in [9.17, 15) is 9.59 Å². The Labute approximate surface area is 283 Å². The fourth-order valence-corrected chi connectivity index (χ4v) is 7.46. The van der Waals surface area contributed by atoms with Crippen LogP contribution in [0.5, 0.6) is 5.75 Å². The van der Waals surface area contributed by atoms with Crippen LogP contribution in [0.4, 0.5) is 11.4 Å². The van der Waals surface area contributed by atoms with E-state index < -0.39 is 0 Å². The average molecular weight is 651 g/mol. The van der Waals surface area contributed by atoms with Crippen molar-refractivity contribution in [2.24, 2.45) is 0 Å². The van der Waals surface area contributed by atoms with Crippen molar-refractivity contribution in [1.82, 2.24) is 9.80 Å². The predicted octanol–water partition coefficient (Wildman–Crippen LogP) is 7.84. The van der Waals surface area contributed by atoms with E-state index in [1.54, 1.807) is 11.3 Å². The topological polar surface area (TPSA) is 65.1 Å². The molecule has 246 valence electrons. The van der Waals surface area contributed by atoms with Gasteiger partial charge in [0.25, 0.3) is 11.8 Å². The third-order valence-electron chi connectivity index (χ3n) is 9.22. The minimum absolute atomic E-state index is 0.0354. The number of anilines is 2. The number of likely N-dealkylation sites (N-methyl/N-ethyl adjacent to an activating group) is 1. The molecule has 0 radical (unpaired) electrons. The lowest BCUT2D eigenvalue weighted by molar-refractivity contribution is 0.0985. The van der Waals surface area contributed by atoms with Gasteiger partial charge in [-0.3, -0.25) is 9.59 Å². The van der Waals surface area contributed by atoms with Crippen LogP contribution in [0.1, 0.15) is 64.1 Å². The molecule has 0 aliphatic carbocycles. The van der Waals surface area contributed by atoms with Crippen molar-refractivity contribution in [3.8, 4) is 16.9 Å². The van der Waals surface area contributed by atoms with Crippen molar-refractivity contribution in [3.63, 3.8) is 0 Å². The highest BCUT2D eigenvalue weighted by molar-refractivity contribution is 7.10. The van der Waals surface area contributed by atoms with E-state index in [1.165, 1.54) is 24.4 Å². The fourth-order valence-electron chi connectivity index (χ4n) is 6.54. The second kappa shape index (κ2) is 16.2. The van der Waals surface area contributed by atoms with Crippen molar-refractivity contribution in [3.05, 3.63) is 100 Å². The summed E-state index contributed by atoms with van der Waals surface area (Å²) >= 11 is 1.72. The van der Waals surface area contributed by atoms with E-state index in [0.29, 0.717) is 35.7 Å². The molecule has 47 heavy (non-hydrogen) atoms. The minimum atomic E-state index is -0.216. The zero-order valence-electron chi connectivity index (χ0n) is 27.5. The van der Waals surface area contributed by atoms with Gasteiger partial charge in [0.05, 0.1) is 18.0 Å². The monoisotopic (exact) mass is 650 g/mol. The summed E-state index contributed by atoms with van der Waals surface area (Å²) in [6.45, 7) is 6.93. The van der Waals surface area contributed by atoms with Crippen molar-refractivity contribution < 1.29 is 14.3 Å². The number of benzene rings is 3. The molecule has 1 N–H and O–H groups in total. The quantitative estimate of drug-likeness (QED) is 0.168. The number of amides is 2. The molecule has 0 atom stereocenters. The maximum atomic E-state index is 13.9. The van der Waals surface area contributed by atoms with Gasteiger partial charge < -0.3 is 24.8 Å². The van der Waals surface area contributed by atoms with Gasteiger partial charge in [-0.1, -0.05) is 48.5 Å². The van der Waals surface area contributed by atoms with E-state index in [0.717, 1.165) is 75.0 Å². The molecule has 2 aliphatic rings. The normalized spacial score (nSPS) is 15.8. The van der Waals surface area contributed by atoms with Gasteiger partial charge in [-0.25, -0.2) is 0 Å². The van der Waals surface area contributed by atoms with Crippen LogP contribution < -0.4 is 15.0 Å². The largest absolute Gasteiger partial charge is 0.491 e. The van der Waals surface area contributed by atoms with Crippen molar-refractivity contribution in [1.29, 1.82) is 0 Å². The number of ether oxygens (including phenoxy) is 1. The van der Waals surface area contributed by atoms with E-state index in [4.69, 9.17) is 4.74 Å². The number of hydrogen-bond acceptors (Lipinski definition) is 6. The first-order valence-electron chi connectivity index (χ1n) is 17.1. The molecule has 1 fully saturated rings. The van der Waals surface area contributed by atoms with Crippen LogP contribution in [-0.4, -0.2) is 74.5 Å². The molecule has 8 heteroatoms. The number of fused-ring (bicyclic) bond motifs is 1. The lowest BCUT2D eigenvalue weighted by atomic mass is 9.99. The van der Waals surface area contributed by atoms with Crippen LogP contribution in [0.3, 0.4) is 0 Å². The number of hydrogen-bond donors (Lipinski definition) is 1. The molecule has 3 aromatic carbocycles. The summed E-state index contributed by atoms with van der Waals surface area (Å²) in [5.74, 6) is 0.274. The van der Waals surface area contributed by atoms with Gasteiger partial charge in [0.15, 0.2) is 0 Å². The highest BCUT2D eigenvalue weighted by atomic mass is 32.1. The number of nitrogens with one attached hydrogen (secondary N) is 1. The van der Waals surface area contributed by atoms with Gasteiger partial charge >= 0.3 is 0 Å². The number of nitrogens with zero attached hydrogens (tertiary/aromatic N) is 3. The molecule has 4 aromatic rings. The second-order valence-electron chi connectivity index (χ2n) is 12.6. The van der Waals surface area contributed by atoms with Gasteiger partial charge in [-0.2, -0.15) is 0 Å². The number of unbranched alkanes of at least 4 members (excludes halogenated alkanes) is 2. The number of thiophene rings is 1. The molecule has 1 saturated heterocycles. The Kier molecular flexibility index (Phi) is 11.4. The zero-order valence-corrected chi connectivity index (χ0v) is 28.3. The fraction of sp³-hybridized carbons (Fsp3) is 0.385.